The monoisotopic (exact) mass is 288 g/mol. The summed E-state index contributed by atoms with van der Waals surface area (Å²) in [4.78, 5) is 0.191. The van der Waals surface area contributed by atoms with Crippen LogP contribution in [0, 0.1) is 35.5 Å². The van der Waals surface area contributed by atoms with Gasteiger partial charge >= 0.3 is 0 Å². The van der Waals surface area contributed by atoms with Crippen LogP contribution in [0.5, 0.6) is 0 Å². The van der Waals surface area contributed by atoms with Crippen molar-refractivity contribution >= 4 is 27.5 Å². The number of hydrogen-bond donors (Lipinski definition) is 0. The predicted molar refractivity (Wildman–Crippen MR) is 55.8 cm³/mol. The summed E-state index contributed by atoms with van der Waals surface area (Å²) in [6, 6.07) is 0. The van der Waals surface area contributed by atoms with Crippen LogP contribution in [0.2, 0.25) is 0 Å². The first-order valence-corrected chi connectivity index (χ1v) is 7.02. The largest absolute Gasteiger partial charge is 0.346 e. The van der Waals surface area contributed by atoms with E-state index in [9.17, 15) is 0 Å². The average Bonchev–Trinajstić information content (AvgIpc) is 2.78. The van der Waals surface area contributed by atoms with Crippen LogP contribution in [0.25, 0.3) is 0 Å². The summed E-state index contributed by atoms with van der Waals surface area (Å²) in [6.07, 6.45) is 0. The Labute approximate surface area is 101 Å². The van der Waals surface area contributed by atoms with E-state index in [1.165, 1.54) is 0 Å². The van der Waals surface area contributed by atoms with E-state index in [2.05, 4.69) is 15.9 Å². The Bertz CT molecular complexity index is 412. The van der Waals surface area contributed by atoms with Crippen LogP contribution in [0.15, 0.2) is 0 Å². The minimum atomic E-state index is -0.275. The minimum Gasteiger partial charge on any atom is -0.346 e. The first kappa shape index (κ1) is 7.91. The van der Waals surface area contributed by atoms with Gasteiger partial charge in [0.25, 0.3) is 0 Å². The summed E-state index contributed by atoms with van der Waals surface area (Å²) in [5.74, 6) is 4.02. The highest BCUT2D eigenvalue weighted by Gasteiger charge is 3.09. The van der Waals surface area contributed by atoms with Crippen LogP contribution >= 0.6 is 27.5 Å². The summed E-state index contributed by atoms with van der Waals surface area (Å²) in [5, 5.41) is 0. The molecule has 2 nitrogen and oxygen atoms in total. The summed E-state index contributed by atoms with van der Waals surface area (Å²) in [6.45, 7) is 1.53. The zero-order valence-electron chi connectivity index (χ0n) is 7.95. The Hall–Kier alpha value is 0.690. The Kier molecular flexibility index (Phi) is 0.877. The van der Waals surface area contributed by atoms with Crippen molar-refractivity contribution < 1.29 is 9.47 Å². The van der Waals surface area contributed by atoms with Crippen LogP contribution in [-0.4, -0.2) is 28.2 Å². The maximum atomic E-state index is 6.68. The topological polar surface area (TPSA) is 18.5 Å². The van der Waals surface area contributed by atoms with Crippen LogP contribution < -0.4 is 0 Å². The van der Waals surface area contributed by atoms with Gasteiger partial charge in [0.1, 0.15) is 0 Å². The van der Waals surface area contributed by atoms with E-state index in [4.69, 9.17) is 21.1 Å². The van der Waals surface area contributed by atoms with Gasteiger partial charge in [0, 0.05) is 5.92 Å². The highest BCUT2D eigenvalue weighted by atomic mass is 79.9. The molecule has 1 aliphatic heterocycles. The van der Waals surface area contributed by atoms with E-state index >= 15 is 0 Å². The molecule has 0 amide bonds. The molecule has 4 heteroatoms. The second kappa shape index (κ2) is 1.66. The standard InChI is InChI=1S/C11H10BrClO2/c12-10-6-3-7(10)5-8(4(6)9(3,5)13)11(10)14-1-2-15-11/h3-8H,1-2H2/t3?,4-,5-,6+,7+,8?,9?,10?/m0/s1. The zero-order valence-corrected chi connectivity index (χ0v) is 10.3. The summed E-state index contributed by atoms with van der Waals surface area (Å²) in [7, 11) is 0. The number of halogens is 2. The molecule has 0 N–H and O–H groups in total. The van der Waals surface area contributed by atoms with Gasteiger partial charge < -0.3 is 9.47 Å². The third-order valence-electron chi connectivity index (χ3n) is 6.51. The Morgan fingerprint density at radius 3 is 2.00 bits per heavy atom. The van der Waals surface area contributed by atoms with Crippen molar-refractivity contribution in [1.82, 2.24) is 0 Å². The molecule has 1 saturated heterocycles. The first-order valence-electron chi connectivity index (χ1n) is 5.85. The molecule has 0 aromatic rings. The molecule has 15 heavy (non-hydrogen) atoms. The Morgan fingerprint density at radius 1 is 0.933 bits per heavy atom. The summed E-state index contributed by atoms with van der Waals surface area (Å²) in [5.41, 5.74) is 0. The Balaban J connectivity index is 1.65. The van der Waals surface area contributed by atoms with E-state index in [0.717, 1.165) is 31.0 Å². The summed E-state index contributed by atoms with van der Waals surface area (Å²) < 4.78 is 12.2. The van der Waals surface area contributed by atoms with Gasteiger partial charge in [-0.25, -0.2) is 0 Å². The molecule has 0 aromatic heterocycles. The zero-order chi connectivity index (χ0) is 9.79. The first-order chi connectivity index (χ1) is 7.19. The molecule has 1 heterocycles. The van der Waals surface area contributed by atoms with Crippen molar-refractivity contribution in [2.45, 2.75) is 15.0 Å². The van der Waals surface area contributed by atoms with Crippen molar-refractivity contribution in [3.05, 3.63) is 0 Å². The molecule has 6 saturated carbocycles. The van der Waals surface area contributed by atoms with Crippen molar-refractivity contribution in [2.24, 2.45) is 35.5 Å². The third kappa shape index (κ3) is 0.382. The molecule has 0 radical (unpaired) electrons. The average molecular weight is 290 g/mol. The fourth-order valence-electron chi connectivity index (χ4n) is 6.49. The van der Waals surface area contributed by atoms with Gasteiger partial charge in [0.05, 0.1) is 22.4 Å². The Morgan fingerprint density at radius 2 is 1.47 bits per heavy atom. The molecule has 7 rings (SSSR count). The lowest BCUT2D eigenvalue weighted by atomic mass is 9.19. The van der Waals surface area contributed by atoms with Crippen LogP contribution in [0.1, 0.15) is 0 Å². The fourth-order valence-corrected chi connectivity index (χ4v) is 8.93. The van der Waals surface area contributed by atoms with Gasteiger partial charge in [0.15, 0.2) is 5.79 Å². The number of ether oxygens (including phenoxy) is 2. The van der Waals surface area contributed by atoms with Crippen LogP contribution in [-0.2, 0) is 9.47 Å². The normalized spacial score (nSPS) is 82.0. The maximum Gasteiger partial charge on any atom is 0.187 e. The fraction of sp³-hybridized carbons (Fsp3) is 1.00. The molecule has 0 aromatic carbocycles. The van der Waals surface area contributed by atoms with Gasteiger partial charge in [-0.15, -0.1) is 11.6 Å². The molecule has 80 valence electrons. The highest BCUT2D eigenvalue weighted by molar-refractivity contribution is 9.10. The third-order valence-corrected chi connectivity index (χ3v) is 8.88. The van der Waals surface area contributed by atoms with Crippen molar-refractivity contribution in [3.8, 4) is 0 Å². The van der Waals surface area contributed by atoms with Gasteiger partial charge in [-0.1, -0.05) is 15.9 Å². The predicted octanol–water partition coefficient (Wildman–Crippen LogP) is 1.61. The van der Waals surface area contributed by atoms with Gasteiger partial charge in [-0.3, -0.25) is 0 Å². The van der Waals surface area contributed by atoms with Gasteiger partial charge in [-0.05, 0) is 29.6 Å². The molecule has 2 bridgehead atoms. The molecule has 1 spiro atoms. The second-order valence-corrected chi connectivity index (χ2v) is 8.08. The molecule has 7 fully saturated rings. The second-order valence-electron chi connectivity index (χ2n) is 6.11. The van der Waals surface area contributed by atoms with Gasteiger partial charge in [0.2, 0.25) is 0 Å². The minimum absolute atomic E-state index is 0.151. The lowest BCUT2D eigenvalue weighted by Gasteiger charge is -2.89. The van der Waals surface area contributed by atoms with E-state index in [1.807, 2.05) is 0 Å². The molecular formula is C11H10BrClO2. The van der Waals surface area contributed by atoms with E-state index in [-0.39, 0.29) is 15.0 Å². The maximum absolute atomic E-state index is 6.68. The molecule has 6 aliphatic carbocycles. The SMILES string of the molecule is ClC12C3[C@@H]4[C@H]1C1[C@@H]2[C@@H]3C4(Br)C12OCCO2. The smallest absolute Gasteiger partial charge is 0.187 e. The highest BCUT2D eigenvalue weighted by Crippen LogP contribution is 3.03. The van der Waals surface area contributed by atoms with Crippen molar-refractivity contribution in [3.63, 3.8) is 0 Å². The molecule has 4 atom stereocenters. The molecule has 0 unspecified atom stereocenters. The van der Waals surface area contributed by atoms with E-state index in [0.29, 0.717) is 17.8 Å². The van der Waals surface area contributed by atoms with Gasteiger partial charge in [-0.2, -0.15) is 0 Å². The van der Waals surface area contributed by atoms with Crippen molar-refractivity contribution in [2.75, 3.05) is 13.2 Å². The van der Waals surface area contributed by atoms with Crippen LogP contribution in [0.4, 0.5) is 0 Å². The summed E-state index contributed by atoms with van der Waals surface area (Å²) >= 11 is 10.7. The molecule has 7 aliphatic rings. The number of hydrogen-bond acceptors (Lipinski definition) is 2. The molecular weight excluding hydrogens is 279 g/mol. The van der Waals surface area contributed by atoms with Crippen LogP contribution in [0.3, 0.4) is 0 Å². The van der Waals surface area contributed by atoms with E-state index in [1.54, 1.807) is 0 Å². The van der Waals surface area contributed by atoms with Crippen molar-refractivity contribution in [1.29, 1.82) is 0 Å². The number of alkyl halides is 2. The van der Waals surface area contributed by atoms with E-state index < -0.39 is 0 Å². The quantitative estimate of drug-likeness (QED) is 0.631. The lowest BCUT2D eigenvalue weighted by molar-refractivity contribution is -0.345. The number of rotatable bonds is 0. The lowest BCUT2D eigenvalue weighted by Crippen LogP contribution is -2.94.